The Kier molecular flexibility index (Phi) is 9.68. The van der Waals surface area contributed by atoms with Gasteiger partial charge in [0.25, 0.3) is 0 Å². The van der Waals surface area contributed by atoms with E-state index in [4.69, 9.17) is 4.74 Å². The molecule has 2 aliphatic rings. The number of ether oxygens (including phenoxy) is 1. The molecule has 3 rings (SSSR count). The van der Waals surface area contributed by atoms with Gasteiger partial charge in [0.2, 0.25) is 0 Å². The fourth-order valence-corrected chi connectivity index (χ4v) is 4.02. The predicted octanol–water partition coefficient (Wildman–Crippen LogP) is 3.46. The first-order chi connectivity index (χ1) is 12.7. The number of halogens is 1. The molecule has 27 heavy (non-hydrogen) atoms. The summed E-state index contributed by atoms with van der Waals surface area (Å²) < 4.78 is 6.09. The number of para-hydroxylation sites is 1. The molecule has 5 nitrogen and oxygen atoms in total. The normalized spacial score (nSPS) is 22.2. The Bertz CT molecular complexity index is 561. The lowest BCUT2D eigenvalue weighted by atomic mass is 10.0. The summed E-state index contributed by atoms with van der Waals surface area (Å²) in [4.78, 5) is 9.43. The lowest BCUT2D eigenvalue weighted by Gasteiger charge is -2.35. The summed E-state index contributed by atoms with van der Waals surface area (Å²) in [6.07, 6.45) is 5.11. The third-order valence-corrected chi connectivity index (χ3v) is 5.45. The molecule has 0 aliphatic carbocycles. The molecule has 6 heteroatoms. The van der Waals surface area contributed by atoms with Gasteiger partial charge in [-0.2, -0.15) is 0 Å². The van der Waals surface area contributed by atoms with Crippen LogP contribution >= 0.6 is 24.0 Å². The first kappa shape index (κ1) is 22.3. The Morgan fingerprint density at radius 2 is 1.89 bits per heavy atom. The van der Waals surface area contributed by atoms with Crippen LogP contribution < -0.4 is 10.1 Å². The van der Waals surface area contributed by atoms with Crippen LogP contribution in [0.4, 0.5) is 0 Å². The van der Waals surface area contributed by atoms with Crippen LogP contribution in [-0.2, 0) is 0 Å². The highest BCUT2D eigenvalue weighted by Crippen LogP contribution is 2.19. The Labute approximate surface area is 181 Å². The number of hydrogen-bond donors (Lipinski definition) is 1. The van der Waals surface area contributed by atoms with Gasteiger partial charge in [-0.05, 0) is 37.4 Å². The van der Waals surface area contributed by atoms with Gasteiger partial charge in [-0.25, -0.2) is 0 Å². The van der Waals surface area contributed by atoms with Crippen molar-refractivity contribution in [3.8, 4) is 5.75 Å². The highest BCUT2D eigenvalue weighted by molar-refractivity contribution is 14.0. The Balaban J connectivity index is 0.00000261. The van der Waals surface area contributed by atoms with Crippen LogP contribution in [-0.4, -0.2) is 68.2 Å². The number of likely N-dealkylation sites (tertiary alicyclic amines) is 2. The number of piperidine rings is 2. The van der Waals surface area contributed by atoms with Crippen molar-refractivity contribution in [3.05, 3.63) is 30.3 Å². The van der Waals surface area contributed by atoms with Crippen molar-refractivity contribution in [1.29, 1.82) is 0 Å². The summed E-state index contributed by atoms with van der Waals surface area (Å²) in [5.74, 6) is 2.85. The van der Waals surface area contributed by atoms with E-state index in [2.05, 4.69) is 27.0 Å². The van der Waals surface area contributed by atoms with Crippen molar-refractivity contribution in [2.75, 3.05) is 46.3 Å². The highest BCUT2D eigenvalue weighted by Gasteiger charge is 2.23. The minimum absolute atomic E-state index is 0. The third-order valence-electron chi connectivity index (χ3n) is 5.45. The number of hydrogen-bond acceptors (Lipinski definition) is 3. The monoisotopic (exact) mass is 486 g/mol. The van der Waals surface area contributed by atoms with E-state index in [9.17, 15) is 0 Å². The van der Waals surface area contributed by atoms with E-state index in [1.54, 1.807) is 0 Å². The van der Waals surface area contributed by atoms with Crippen LogP contribution in [0.2, 0.25) is 0 Å². The van der Waals surface area contributed by atoms with Crippen LogP contribution in [0.5, 0.6) is 5.75 Å². The first-order valence-corrected chi connectivity index (χ1v) is 10.1. The van der Waals surface area contributed by atoms with Crippen molar-refractivity contribution in [2.45, 2.75) is 38.7 Å². The van der Waals surface area contributed by atoms with Crippen LogP contribution in [0.3, 0.4) is 0 Å². The quantitative estimate of drug-likeness (QED) is 0.393. The number of nitrogens with zero attached hydrogens (tertiary/aromatic N) is 3. The average molecular weight is 486 g/mol. The smallest absolute Gasteiger partial charge is 0.193 e. The van der Waals surface area contributed by atoms with Gasteiger partial charge >= 0.3 is 0 Å². The van der Waals surface area contributed by atoms with E-state index in [1.165, 1.54) is 25.9 Å². The highest BCUT2D eigenvalue weighted by atomic mass is 127. The molecule has 1 aromatic carbocycles. The molecule has 0 aromatic heterocycles. The summed E-state index contributed by atoms with van der Waals surface area (Å²) in [7, 11) is 1.89. The topological polar surface area (TPSA) is 40.1 Å². The fraction of sp³-hybridized carbons (Fsp3) is 0.667. The average Bonchev–Trinajstić information content (AvgIpc) is 2.67. The van der Waals surface area contributed by atoms with Crippen molar-refractivity contribution in [1.82, 2.24) is 15.1 Å². The second-order valence-electron chi connectivity index (χ2n) is 7.64. The van der Waals surface area contributed by atoms with Crippen LogP contribution in [0.1, 0.15) is 32.6 Å². The molecule has 0 saturated carbocycles. The van der Waals surface area contributed by atoms with Gasteiger partial charge in [0.15, 0.2) is 5.96 Å². The molecule has 0 spiro atoms. The van der Waals surface area contributed by atoms with Gasteiger partial charge < -0.3 is 19.9 Å². The predicted molar refractivity (Wildman–Crippen MR) is 123 cm³/mol. The molecule has 1 N–H and O–H groups in total. The van der Waals surface area contributed by atoms with Crippen LogP contribution in [0.15, 0.2) is 35.3 Å². The molecule has 1 unspecified atom stereocenters. The Morgan fingerprint density at radius 1 is 1.15 bits per heavy atom. The third kappa shape index (κ3) is 7.14. The van der Waals surface area contributed by atoms with Crippen LogP contribution in [0.25, 0.3) is 0 Å². The van der Waals surface area contributed by atoms with E-state index in [0.717, 1.165) is 56.6 Å². The summed E-state index contributed by atoms with van der Waals surface area (Å²) >= 11 is 0. The Hall–Kier alpha value is -1.02. The lowest BCUT2D eigenvalue weighted by Crippen LogP contribution is -2.49. The van der Waals surface area contributed by atoms with Crippen molar-refractivity contribution >= 4 is 29.9 Å². The maximum atomic E-state index is 6.09. The van der Waals surface area contributed by atoms with Crippen molar-refractivity contribution in [3.63, 3.8) is 0 Å². The molecule has 0 radical (unpaired) electrons. The Morgan fingerprint density at radius 3 is 2.56 bits per heavy atom. The minimum atomic E-state index is 0. The van der Waals surface area contributed by atoms with E-state index in [-0.39, 0.29) is 24.0 Å². The van der Waals surface area contributed by atoms with Gasteiger partial charge in [0.05, 0.1) is 0 Å². The zero-order chi connectivity index (χ0) is 18.2. The van der Waals surface area contributed by atoms with E-state index in [1.807, 2.05) is 37.4 Å². The zero-order valence-corrected chi connectivity index (χ0v) is 19.1. The van der Waals surface area contributed by atoms with Crippen molar-refractivity contribution < 1.29 is 4.74 Å². The first-order valence-electron chi connectivity index (χ1n) is 10.1. The number of aliphatic imine (C=N–C) groups is 1. The number of benzene rings is 1. The maximum Gasteiger partial charge on any atom is 0.193 e. The second-order valence-corrected chi connectivity index (χ2v) is 7.64. The number of rotatable bonds is 5. The molecule has 1 aromatic rings. The second kappa shape index (κ2) is 11.7. The van der Waals surface area contributed by atoms with E-state index in [0.29, 0.717) is 6.10 Å². The molecular formula is C21H35IN4O. The number of nitrogens with one attached hydrogen (secondary N) is 1. The molecule has 2 aliphatic heterocycles. The molecule has 152 valence electrons. The molecule has 2 heterocycles. The SMILES string of the molecule is CN=C(NCCN1CCCC(C)C1)N1CCC(Oc2ccccc2)CC1.I. The fourth-order valence-electron chi connectivity index (χ4n) is 4.02. The summed E-state index contributed by atoms with van der Waals surface area (Å²) in [6.45, 7) is 8.92. The summed E-state index contributed by atoms with van der Waals surface area (Å²) in [6, 6.07) is 10.1. The standard InChI is InChI=1S/C21H34N4O.HI/c1-18-7-6-13-24(17-18)16-12-23-21(22-2)25-14-10-20(11-15-25)26-19-8-4-3-5-9-19;/h3-5,8-9,18,20H,6-7,10-17H2,1-2H3,(H,22,23);1H. The van der Waals surface area contributed by atoms with Crippen LogP contribution in [0, 0.1) is 5.92 Å². The van der Waals surface area contributed by atoms with Gasteiger partial charge in [0, 0.05) is 52.6 Å². The molecule has 0 bridgehead atoms. The molecule has 1 atom stereocenters. The van der Waals surface area contributed by atoms with Gasteiger partial charge in [-0.1, -0.05) is 25.1 Å². The largest absolute Gasteiger partial charge is 0.490 e. The number of guanidine groups is 1. The minimum Gasteiger partial charge on any atom is -0.490 e. The lowest BCUT2D eigenvalue weighted by molar-refractivity contribution is 0.129. The zero-order valence-electron chi connectivity index (χ0n) is 16.8. The molecular weight excluding hydrogens is 451 g/mol. The van der Waals surface area contributed by atoms with Crippen molar-refractivity contribution in [2.24, 2.45) is 10.9 Å². The van der Waals surface area contributed by atoms with Gasteiger partial charge in [-0.15, -0.1) is 24.0 Å². The molecule has 0 amide bonds. The molecule has 2 saturated heterocycles. The van der Waals surface area contributed by atoms with E-state index < -0.39 is 0 Å². The summed E-state index contributed by atoms with van der Waals surface area (Å²) in [5, 5.41) is 3.56. The maximum absolute atomic E-state index is 6.09. The summed E-state index contributed by atoms with van der Waals surface area (Å²) in [5.41, 5.74) is 0. The van der Waals surface area contributed by atoms with Gasteiger partial charge in [-0.3, -0.25) is 4.99 Å². The van der Waals surface area contributed by atoms with Gasteiger partial charge in [0.1, 0.15) is 11.9 Å². The van der Waals surface area contributed by atoms with E-state index >= 15 is 0 Å². The molecule has 2 fully saturated rings.